The summed E-state index contributed by atoms with van der Waals surface area (Å²) < 4.78 is 40.1. The molecule has 8 heteroatoms. The maximum Gasteiger partial charge on any atom is 0.280 e. The van der Waals surface area contributed by atoms with Crippen molar-refractivity contribution in [3.05, 3.63) is 130 Å². The van der Waals surface area contributed by atoms with Crippen molar-refractivity contribution in [1.82, 2.24) is 0 Å². The highest BCUT2D eigenvalue weighted by atomic mass is 35.5. The van der Waals surface area contributed by atoms with Crippen LogP contribution in [-0.4, -0.2) is 11.6 Å². The highest BCUT2D eigenvalue weighted by molar-refractivity contribution is 6.33. The first-order valence-electron chi connectivity index (χ1n) is 12.1. The Labute approximate surface area is 229 Å². The van der Waals surface area contributed by atoms with E-state index in [9.17, 15) is 13.6 Å². The van der Waals surface area contributed by atoms with Gasteiger partial charge in [-0.2, -0.15) is 10.1 Å². The summed E-state index contributed by atoms with van der Waals surface area (Å²) in [5, 5.41) is 6.18. The van der Waals surface area contributed by atoms with E-state index in [0.717, 1.165) is 0 Å². The van der Waals surface area contributed by atoms with Crippen LogP contribution in [0.2, 0.25) is 5.02 Å². The van der Waals surface area contributed by atoms with Gasteiger partial charge < -0.3 is 9.47 Å². The molecule has 1 amide bonds. The minimum Gasteiger partial charge on any atom is -0.489 e. The molecule has 0 atom stereocenters. The van der Waals surface area contributed by atoms with Gasteiger partial charge in [0.2, 0.25) is 0 Å². The Kier molecular flexibility index (Phi) is 7.70. The lowest BCUT2D eigenvalue weighted by Crippen LogP contribution is -2.21. The van der Waals surface area contributed by atoms with Crippen LogP contribution in [0.3, 0.4) is 0 Å². The fourth-order valence-electron chi connectivity index (χ4n) is 4.02. The van der Waals surface area contributed by atoms with E-state index in [0.29, 0.717) is 50.2 Å². The van der Waals surface area contributed by atoms with Crippen molar-refractivity contribution in [1.29, 1.82) is 0 Å². The van der Waals surface area contributed by atoms with Crippen LogP contribution in [0, 0.1) is 11.6 Å². The normalized spacial score (nSPS) is 14.1. The van der Waals surface area contributed by atoms with Crippen LogP contribution in [0.15, 0.2) is 102 Å². The molecule has 0 bridgehead atoms. The fourth-order valence-corrected chi connectivity index (χ4v) is 4.20. The predicted molar refractivity (Wildman–Crippen MR) is 148 cm³/mol. The Morgan fingerprint density at radius 2 is 1.51 bits per heavy atom. The number of hydrogen-bond acceptors (Lipinski definition) is 4. The van der Waals surface area contributed by atoms with Crippen molar-refractivity contribution < 1.29 is 23.0 Å². The van der Waals surface area contributed by atoms with Crippen LogP contribution in [0.5, 0.6) is 11.5 Å². The van der Waals surface area contributed by atoms with E-state index < -0.39 is 5.82 Å². The number of hydrazone groups is 1. The van der Waals surface area contributed by atoms with E-state index in [1.54, 1.807) is 91.9 Å². The minimum absolute atomic E-state index is 0.0126. The first-order valence-corrected chi connectivity index (χ1v) is 12.5. The van der Waals surface area contributed by atoms with Crippen LogP contribution in [0.25, 0.3) is 6.08 Å². The maximum atomic E-state index is 14.3. The van der Waals surface area contributed by atoms with Gasteiger partial charge in [-0.15, -0.1) is 0 Å². The summed E-state index contributed by atoms with van der Waals surface area (Å²) in [6, 6.07) is 24.6. The average molecular weight is 545 g/mol. The smallest absolute Gasteiger partial charge is 0.280 e. The molecule has 0 N–H and O–H groups in total. The Balaban J connectivity index is 1.44. The van der Waals surface area contributed by atoms with E-state index in [4.69, 9.17) is 21.1 Å². The molecule has 5 rings (SSSR count). The van der Waals surface area contributed by atoms with Gasteiger partial charge in [-0.1, -0.05) is 54.1 Å². The van der Waals surface area contributed by atoms with Gasteiger partial charge >= 0.3 is 0 Å². The van der Waals surface area contributed by atoms with Crippen LogP contribution in [0.1, 0.15) is 23.6 Å². The zero-order valence-corrected chi connectivity index (χ0v) is 21.7. The molecule has 0 saturated heterocycles. The predicted octanol–water partition coefficient (Wildman–Crippen LogP) is 7.58. The summed E-state index contributed by atoms with van der Waals surface area (Å²) in [5.74, 6) is -0.301. The highest BCUT2D eigenvalue weighted by Gasteiger charge is 2.29. The third-order valence-corrected chi connectivity index (χ3v) is 6.33. The second-order valence-electron chi connectivity index (χ2n) is 8.80. The van der Waals surface area contributed by atoms with Gasteiger partial charge in [-0.3, -0.25) is 4.79 Å². The van der Waals surface area contributed by atoms with Crippen LogP contribution in [-0.2, 0) is 18.0 Å². The van der Waals surface area contributed by atoms with Crippen LogP contribution < -0.4 is 14.5 Å². The molecule has 39 heavy (non-hydrogen) atoms. The molecule has 196 valence electrons. The summed E-state index contributed by atoms with van der Waals surface area (Å²) in [6.07, 6.45) is 1.67. The number of carbonyl (C=O) groups is 1. The lowest BCUT2D eigenvalue weighted by Gasteiger charge is -2.14. The molecule has 0 radical (unpaired) electrons. The molecular formula is C31H23ClF2N2O3. The molecule has 0 fully saturated rings. The summed E-state index contributed by atoms with van der Waals surface area (Å²) >= 11 is 6.10. The van der Waals surface area contributed by atoms with E-state index in [1.165, 1.54) is 17.1 Å². The SMILES string of the molecule is CC1=NN(c2cccc(Cl)c2)C(=O)/C1=C\c1ccc(OCc2ccccc2F)cc1OCc1ccccc1F. The Bertz CT molecular complexity index is 1600. The first kappa shape index (κ1) is 26.1. The topological polar surface area (TPSA) is 51.1 Å². The van der Waals surface area contributed by atoms with Crippen molar-refractivity contribution in [2.75, 3.05) is 5.01 Å². The van der Waals surface area contributed by atoms with Crippen LogP contribution >= 0.6 is 11.6 Å². The standard InChI is InChI=1S/C31H23ClF2N2O3/c1-20-27(31(37)36(35-20)25-10-6-9-24(32)16-25)15-21-13-14-26(38-18-22-7-2-4-11-28(22)33)17-30(21)39-19-23-8-3-5-12-29(23)34/h2-17H,18-19H2,1H3/b27-15-. The Hall–Kier alpha value is -4.49. The van der Waals surface area contributed by atoms with Crippen molar-refractivity contribution in [3.8, 4) is 11.5 Å². The third kappa shape index (κ3) is 5.99. The highest BCUT2D eigenvalue weighted by Crippen LogP contribution is 2.32. The van der Waals surface area contributed by atoms with Gasteiger partial charge in [0.05, 0.1) is 17.0 Å². The van der Waals surface area contributed by atoms with E-state index >= 15 is 0 Å². The number of carbonyl (C=O) groups excluding carboxylic acids is 1. The maximum absolute atomic E-state index is 14.3. The summed E-state index contributed by atoms with van der Waals surface area (Å²) in [5.41, 5.74) is 2.77. The molecule has 1 aliphatic rings. The number of rotatable bonds is 8. The van der Waals surface area contributed by atoms with Gasteiger partial charge in [0, 0.05) is 27.8 Å². The summed E-state index contributed by atoms with van der Waals surface area (Å²) in [6.45, 7) is 1.70. The molecule has 5 nitrogen and oxygen atoms in total. The summed E-state index contributed by atoms with van der Waals surface area (Å²) in [7, 11) is 0. The number of nitrogens with zero attached hydrogens (tertiary/aromatic N) is 2. The molecule has 1 heterocycles. The molecule has 0 aromatic heterocycles. The number of benzene rings is 4. The zero-order chi connectivity index (χ0) is 27.4. The molecule has 4 aromatic rings. The first-order chi connectivity index (χ1) is 18.9. The Morgan fingerprint density at radius 3 is 2.18 bits per heavy atom. The monoisotopic (exact) mass is 544 g/mol. The van der Waals surface area contributed by atoms with Crippen molar-refractivity contribution in [3.63, 3.8) is 0 Å². The van der Waals surface area contributed by atoms with Crippen LogP contribution in [0.4, 0.5) is 14.5 Å². The second kappa shape index (κ2) is 11.5. The fraction of sp³-hybridized carbons (Fsp3) is 0.0968. The largest absolute Gasteiger partial charge is 0.489 e. The molecule has 0 saturated carbocycles. The van der Waals surface area contributed by atoms with Crippen molar-refractivity contribution in [2.45, 2.75) is 20.1 Å². The number of anilines is 1. The van der Waals surface area contributed by atoms with Gasteiger partial charge in [0.15, 0.2) is 0 Å². The molecule has 0 spiro atoms. The zero-order valence-electron chi connectivity index (χ0n) is 20.9. The number of amides is 1. The van der Waals surface area contributed by atoms with Crippen molar-refractivity contribution in [2.24, 2.45) is 5.10 Å². The van der Waals surface area contributed by atoms with E-state index in [1.807, 2.05) is 0 Å². The lowest BCUT2D eigenvalue weighted by molar-refractivity contribution is -0.114. The number of ether oxygens (including phenoxy) is 2. The molecular weight excluding hydrogens is 522 g/mol. The lowest BCUT2D eigenvalue weighted by atomic mass is 10.1. The second-order valence-corrected chi connectivity index (χ2v) is 9.24. The quantitative estimate of drug-likeness (QED) is 0.215. The van der Waals surface area contributed by atoms with E-state index in [2.05, 4.69) is 5.10 Å². The van der Waals surface area contributed by atoms with Crippen molar-refractivity contribution >= 4 is 35.0 Å². The van der Waals surface area contributed by atoms with Gasteiger partial charge in [-0.25, -0.2) is 8.78 Å². The molecule has 1 aliphatic heterocycles. The van der Waals surface area contributed by atoms with Gasteiger partial charge in [0.1, 0.15) is 36.3 Å². The molecule has 0 aliphatic carbocycles. The van der Waals surface area contributed by atoms with Gasteiger partial charge in [-0.05, 0) is 55.5 Å². The minimum atomic E-state index is -0.393. The molecule has 0 unspecified atom stereocenters. The van der Waals surface area contributed by atoms with E-state index in [-0.39, 0.29) is 24.9 Å². The number of hydrogen-bond donors (Lipinski definition) is 0. The number of halogens is 3. The third-order valence-electron chi connectivity index (χ3n) is 6.09. The van der Waals surface area contributed by atoms with Gasteiger partial charge in [0.25, 0.3) is 5.91 Å². The molecule has 4 aromatic carbocycles. The average Bonchev–Trinajstić information content (AvgIpc) is 3.21. The summed E-state index contributed by atoms with van der Waals surface area (Å²) in [4.78, 5) is 13.3. The Morgan fingerprint density at radius 1 is 0.846 bits per heavy atom.